The molecule has 1 unspecified atom stereocenters. The van der Waals surface area contributed by atoms with Gasteiger partial charge in [-0.3, -0.25) is 0 Å². The second-order valence-corrected chi connectivity index (χ2v) is 2.87. The molecule has 0 spiro atoms. The van der Waals surface area contributed by atoms with Crippen LogP contribution < -0.4 is 0 Å². The van der Waals surface area contributed by atoms with E-state index in [-0.39, 0.29) is 6.07 Å². The third-order valence-electron chi connectivity index (χ3n) is 1.67. The summed E-state index contributed by atoms with van der Waals surface area (Å²) in [6.45, 7) is 0.705. The Bertz CT molecular complexity index is 240. The molecule has 1 aromatic rings. The first-order valence-electron chi connectivity index (χ1n) is 4.33. The molecule has 0 saturated heterocycles. The first-order chi connectivity index (χ1) is 6.84. The Hall–Kier alpha value is -0.610. The maximum absolute atomic E-state index is 9.51. The fourth-order valence-electron chi connectivity index (χ4n) is 0.987. The molecule has 0 saturated carbocycles. The van der Waals surface area contributed by atoms with Crippen LogP contribution in [0.2, 0.25) is 0 Å². The number of rotatable bonds is 6. The molecular formula is C10H13ClO3. The van der Waals surface area contributed by atoms with Crippen LogP contribution in [-0.2, 0) is 9.47 Å². The Balaban J connectivity index is 2.25. The molecule has 14 heavy (non-hydrogen) atoms. The standard InChI is InChI=1S/C10H13ClO3/c11-8-13-6-7-14-10(12)9-4-2-1-3-5-9/h1-5,10,12H,6-8H2. The zero-order valence-corrected chi connectivity index (χ0v) is 8.48. The van der Waals surface area contributed by atoms with E-state index >= 15 is 0 Å². The van der Waals surface area contributed by atoms with E-state index in [1.807, 2.05) is 18.2 Å². The fraction of sp³-hybridized carbons (Fsp3) is 0.400. The normalized spacial score (nSPS) is 12.7. The van der Waals surface area contributed by atoms with Gasteiger partial charge in [-0.2, -0.15) is 0 Å². The van der Waals surface area contributed by atoms with Gasteiger partial charge in [0, 0.05) is 5.56 Å². The highest BCUT2D eigenvalue weighted by atomic mass is 35.5. The number of halogens is 1. The van der Waals surface area contributed by atoms with Gasteiger partial charge in [0.2, 0.25) is 0 Å². The van der Waals surface area contributed by atoms with E-state index in [1.165, 1.54) is 0 Å². The summed E-state index contributed by atoms with van der Waals surface area (Å²) in [6, 6.07) is 9.31. The highest BCUT2D eigenvalue weighted by Crippen LogP contribution is 2.12. The average molecular weight is 217 g/mol. The molecule has 0 aromatic heterocycles. The molecule has 1 atom stereocenters. The Labute approximate surface area is 88.2 Å². The van der Waals surface area contributed by atoms with Crippen LogP contribution in [0.15, 0.2) is 30.3 Å². The minimum atomic E-state index is -0.893. The van der Waals surface area contributed by atoms with Crippen LogP contribution in [0.1, 0.15) is 11.9 Å². The zero-order chi connectivity index (χ0) is 10.2. The second-order valence-electron chi connectivity index (χ2n) is 2.65. The molecule has 0 bridgehead atoms. The van der Waals surface area contributed by atoms with E-state index in [0.717, 1.165) is 5.56 Å². The molecule has 78 valence electrons. The Kier molecular flexibility index (Phi) is 5.56. The maximum atomic E-state index is 9.51. The number of aliphatic hydroxyl groups excluding tert-OH is 1. The van der Waals surface area contributed by atoms with E-state index in [0.29, 0.717) is 13.2 Å². The maximum Gasteiger partial charge on any atom is 0.181 e. The van der Waals surface area contributed by atoms with Crippen molar-refractivity contribution in [2.24, 2.45) is 0 Å². The zero-order valence-electron chi connectivity index (χ0n) is 7.73. The third-order valence-corrected chi connectivity index (χ3v) is 1.82. The monoisotopic (exact) mass is 216 g/mol. The van der Waals surface area contributed by atoms with Gasteiger partial charge < -0.3 is 14.6 Å². The lowest BCUT2D eigenvalue weighted by molar-refractivity contribution is -0.113. The highest BCUT2D eigenvalue weighted by molar-refractivity contribution is 6.17. The van der Waals surface area contributed by atoms with Crippen molar-refractivity contribution in [2.45, 2.75) is 6.29 Å². The van der Waals surface area contributed by atoms with Crippen LogP contribution in [0, 0.1) is 0 Å². The van der Waals surface area contributed by atoms with Gasteiger partial charge in [-0.15, -0.1) is 0 Å². The number of ether oxygens (including phenoxy) is 2. The molecule has 1 N–H and O–H groups in total. The van der Waals surface area contributed by atoms with Crippen molar-refractivity contribution in [1.82, 2.24) is 0 Å². The lowest BCUT2D eigenvalue weighted by Gasteiger charge is -2.11. The van der Waals surface area contributed by atoms with Crippen LogP contribution in [0.3, 0.4) is 0 Å². The summed E-state index contributed by atoms with van der Waals surface area (Å²) in [5, 5.41) is 9.51. The number of hydrogen-bond donors (Lipinski definition) is 1. The van der Waals surface area contributed by atoms with Gasteiger partial charge in [0.25, 0.3) is 0 Å². The van der Waals surface area contributed by atoms with Crippen LogP contribution in [0.4, 0.5) is 0 Å². The van der Waals surface area contributed by atoms with Gasteiger partial charge in [-0.05, 0) is 0 Å². The van der Waals surface area contributed by atoms with Crippen LogP contribution in [-0.4, -0.2) is 24.4 Å². The van der Waals surface area contributed by atoms with Gasteiger partial charge in [-0.25, -0.2) is 0 Å². The second kappa shape index (κ2) is 6.79. The van der Waals surface area contributed by atoms with E-state index < -0.39 is 6.29 Å². The average Bonchev–Trinajstić information content (AvgIpc) is 2.25. The van der Waals surface area contributed by atoms with Crippen molar-refractivity contribution in [3.8, 4) is 0 Å². The van der Waals surface area contributed by atoms with Gasteiger partial charge >= 0.3 is 0 Å². The molecule has 1 rings (SSSR count). The first kappa shape index (κ1) is 11.5. The Morgan fingerprint density at radius 2 is 1.93 bits per heavy atom. The summed E-state index contributed by atoms with van der Waals surface area (Å²) < 4.78 is 9.95. The number of benzene rings is 1. The molecule has 1 aromatic carbocycles. The van der Waals surface area contributed by atoms with E-state index in [1.54, 1.807) is 12.1 Å². The number of hydrogen-bond acceptors (Lipinski definition) is 3. The number of aliphatic hydroxyl groups is 1. The summed E-state index contributed by atoms with van der Waals surface area (Å²) in [7, 11) is 0. The highest BCUT2D eigenvalue weighted by Gasteiger charge is 2.05. The van der Waals surface area contributed by atoms with E-state index in [2.05, 4.69) is 0 Å². The third kappa shape index (κ3) is 4.07. The predicted molar refractivity (Wildman–Crippen MR) is 54.0 cm³/mol. The van der Waals surface area contributed by atoms with E-state index in [4.69, 9.17) is 21.1 Å². The molecule has 0 fully saturated rings. The summed E-state index contributed by atoms with van der Waals surface area (Å²) in [5.41, 5.74) is 0.735. The van der Waals surface area contributed by atoms with Gasteiger partial charge in [0.15, 0.2) is 6.29 Å². The van der Waals surface area contributed by atoms with Crippen molar-refractivity contribution >= 4 is 11.6 Å². The lowest BCUT2D eigenvalue weighted by Crippen LogP contribution is -2.08. The van der Waals surface area contributed by atoms with Gasteiger partial charge in [0.05, 0.1) is 13.2 Å². The van der Waals surface area contributed by atoms with Crippen molar-refractivity contribution < 1.29 is 14.6 Å². The minimum absolute atomic E-state index is 0.144. The largest absolute Gasteiger partial charge is 0.364 e. The molecule has 3 nitrogen and oxygen atoms in total. The summed E-state index contributed by atoms with van der Waals surface area (Å²) in [6.07, 6.45) is -0.893. The van der Waals surface area contributed by atoms with Crippen LogP contribution in [0.5, 0.6) is 0 Å². The summed E-state index contributed by atoms with van der Waals surface area (Å²) in [4.78, 5) is 0. The Morgan fingerprint density at radius 3 is 2.57 bits per heavy atom. The first-order valence-corrected chi connectivity index (χ1v) is 4.86. The van der Waals surface area contributed by atoms with Crippen molar-refractivity contribution in [1.29, 1.82) is 0 Å². The SMILES string of the molecule is OC(OCCOCCl)c1ccccc1. The fourth-order valence-corrected chi connectivity index (χ4v) is 1.10. The van der Waals surface area contributed by atoms with Crippen molar-refractivity contribution in [3.63, 3.8) is 0 Å². The smallest absolute Gasteiger partial charge is 0.181 e. The molecule has 0 heterocycles. The van der Waals surface area contributed by atoms with Crippen molar-refractivity contribution in [3.05, 3.63) is 35.9 Å². The predicted octanol–water partition coefficient (Wildman–Crippen LogP) is 1.91. The molecule has 0 amide bonds. The minimum Gasteiger partial charge on any atom is -0.364 e. The lowest BCUT2D eigenvalue weighted by atomic mass is 10.2. The molecular weight excluding hydrogens is 204 g/mol. The van der Waals surface area contributed by atoms with Crippen LogP contribution >= 0.6 is 11.6 Å². The topological polar surface area (TPSA) is 38.7 Å². The van der Waals surface area contributed by atoms with Crippen molar-refractivity contribution in [2.75, 3.05) is 19.3 Å². The van der Waals surface area contributed by atoms with Gasteiger partial charge in [-0.1, -0.05) is 41.9 Å². The van der Waals surface area contributed by atoms with Gasteiger partial charge in [0.1, 0.15) is 6.07 Å². The molecule has 0 aliphatic rings. The number of alkyl halides is 1. The molecule has 0 aliphatic heterocycles. The van der Waals surface area contributed by atoms with E-state index in [9.17, 15) is 5.11 Å². The quantitative estimate of drug-likeness (QED) is 0.449. The summed E-state index contributed by atoms with van der Waals surface area (Å²) in [5.74, 6) is 0. The van der Waals surface area contributed by atoms with Crippen LogP contribution in [0.25, 0.3) is 0 Å². The molecule has 0 aliphatic carbocycles. The molecule has 4 heteroatoms. The Morgan fingerprint density at radius 1 is 1.21 bits per heavy atom. The summed E-state index contributed by atoms with van der Waals surface area (Å²) >= 11 is 5.29. The molecule has 0 radical (unpaired) electrons.